The van der Waals surface area contributed by atoms with Crippen molar-refractivity contribution in [3.63, 3.8) is 0 Å². The van der Waals surface area contributed by atoms with Gasteiger partial charge in [-0.05, 0) is 69.1 Å². The number of nitrogens with one attached hydrogen (secondary N) is 1. The van der Waals surface area contributed by atoms with E-state index in [2.05, 4.69) is 31.9 Å². The second-order valence-corrected chi connectivity index (χ2v) is 8.84. The van der Waals surface area contributed by atoms with Crippen molar-refractivity contribution in [2.45, 2.75) is 32.7 Å². The maximum atomic E-state index is 13.1. The number of hydrogen-bond donors (Lipinski definition) is 1. The van der Waals surface area contributed by atoms with Crippen LogP contribution < -0.4 is 0 Å². The molecular formula is C24H28N4O. The third-order valence-corrected chi connectivity index (χ3v) is 6.60. The molecule has 2 saturated heterocycles. The second-order valence-electron chi connectivity index (χ2n) is 8.84. The van der Waals surface area contributed by atoms with Crippen LogP contribution in [0.15, 0.2) is 48.7 Å². The Bertz CT molecular complexity index is 1040. The monoisotopic (exact) mass is 388 g/mol. The summed E-state index contributed by atoms with van der Waals surface area (Å²) in [6.45, 7) is 6.86. The lowest BCUT2D eigenvalue weighted by atomic mass is 9.79. The molecule has 5 nitrogen and oxygen atoms in total. The standard InChI is InChI=1S/C24H28N4O/c1-18-4-2-5-21(26-18)15-27-12-3-9-24(16-27)10-13-28(17-24)23(29)20-6-7-22-19(14-20)8-11-25-22/h2,4-8,11,14,25H,3,9-10,12-13,15-17H2,1H3. The predicted octanol–water partition coefficient (Wildman–Crippen LogP) is 4.00. The van der Waals surface area contributed by atoms with Gasteiger partial charge in [-0.15, -0.1) is 0 Å². The Hall–Kier alpha value is -2.66. The van der Waals surface area contributed by atoms with Crippen molar-refractivity contribution in [1.29, 1.82) is 0 Å². The Morgan fingerprint density at radius 1 is 1.14 bits per heavy atom. The summed E-state index contributed by atoms with van der Waals surface area (Å²) in [4.78, 5) is 25.6. The molecule has 1 unspecified atom stereocenters. The van der Waals surface area contributed by atoms with Gasteiger partial charge < -0.3 is 9.88 Å². The maximum Gasteiger partial charge on any atom is 0.253 e. The van der Waals surface area contributed by atoms with Gasteiger partial charge in [0.25, 0.3) is 5.91 Å². The number of benzene rings is 1. The molecule has 2 aliphatic heterocycles. The van der Waals surface area contributed by atoms with Crippen LogP contribution in [0.4, 0.5) is 0 Å². The summed E-state index contributed by atoms with van der Waals surface area (Å²) in [5.41, 5.74) is 4.33. The molecule has 2 aliphatic rings. The molecule has 0 bridgehead atoms. The first-order valence-corrected chi connectivity index (χ1v) is 10.6. The Labute approximate surface area is 171 Å². The molecule has 0 saturated carbocycles. The largest absolute Gasteiger partial charge is 0.361 e. The van der Waals surface area contributed by atoms with Crippen molar-refractivity contribution in [3.8, 4) is 0 Å². The van der Waals surface area contributed by atoms with Gasteiger partial charge in [0.1, 0.15) is 0 Å². The number of H-pyrrole nitrogens is 1. The van der Waals surface area contributed by atoms with Gasteiger partial charge in [0.05, 0.1) is 5.69 Å². The lowest BCUT2D eigenvalue weighted by Gasteiger charge is -2.40. The highest BCUT2D eigenvalue weighted by Crippen LogP contribution is 2.39. The van der Waals surface area contributed by atoms with Crippen LogP contribution in [-0.4, -0.2) is 51.9 Å². The summed E-state index contributed by atoms with van der Waals surface area (Å²) in [5, 5.41) is 1.10. The minimum absolute atomic E-state index is 0.169. The number of amides is 1. The molecule has 150 valence electrons. The van der Waals surface area contributed by atoms with Gasteiger partial charge in [-0.2, -0.15) is 0 Å². The molecule has 1 amide bonds. The summed E-state index contributed by atoms with van der Waals surface area (Å²) in [6, 6.07) is 14.2. The van der Waals surface area contributed by atoms with Crippen molar-refractivity contribution in [2.75, 3.05) is 26.2 Å². The molecule has 0 aliphatic carbocycles. The molecule has 1 N–H and O–H groups in total. The zero-order valence-corrected chi connectivity index (χ0v) is 17.0. The fraction of sp³-hybridized carbons (Fsp3) is 0.417. The highest BCUT2D eigenvalue weighted by molar-refractivity contribution is 5.98. The number of carbonyl (C=O) groups excluding carboxylic acids is 1. The molecular weight excluding hydrogens is 360 g/mol. The molecule has 5 heteroatoms. The fourth-order valence-corrected chi connectivity index (χ4v) is 5.17. The van der Waals surface area contributed by atoms with Crippen molar-refractivity contribution in [2.24, 2.45) is 5.41 Å². The van der Waals surface area contributed by atoms with Crippen LogP contribution in [-0.2, 0) is 6.54 Å². The van der Waals surface area contributed by atoms with Crippen LogP contribution in [0.1, 0.15) is 41.0 Å². The van der Waals surface area contributed by atoms with E-state index in [1.165, 1.54) is 12.8 Å². The zero-order valence-electron chi connectivity index (χ0n) is 17.0. The summed E-state index contributed by atoms with van der Waals surface area (Å²) in [7, 11) is 0. The van der Waals surface area contributed by atoms with E-state index in [1.807, 2.05) is 43.5 Å². The second kappa shape index (κ2) is 7.30. The normalized spacial score (nSPS) is 22.6. The number of nitrogens with zero attached hydrogens (tertiary/aromatic N) is 3. The summed E-state index contributed by atoms with van der Waals surface area (Å²) in [5.74, 6) is 0.169. The quantitative estimate of drug-likeness (QED) is 0.738. The van der Waals surface area contributed by atoms with Crippen LogP contribution >= 0.6 is 0 Å². The topological polar surface area (TPSA) is 52.2 Å². The first-order chi connectivity index (χ1) is 14.1. The number of aryl methyl sites for hydroxylation is 1. The van der Waals surface area contributed by atoms with Crippen LogP contribution in [0.2, 0.25) is 0 Å². The fourth-order valence-electron chi connectivity index (χ4n) is 5.17. The minimum Gasteiger partial charge on any atom is -0.361 e. The third kappa shape index (κ3) is 3.67. The predicted molar refractivity (Wildman–Crippen MR) is 115 cm³/mol. The molecule has 1 spiro atoms. The van der Waals surface area contributed by atoms with E-state index in [9.17, 15) is 4.79 Å². The summed E-state index contributed by atoms with van der Waals surface area (Å²) in [6.07, 6.45) is 5.43. The summed E-state index contributed by atoms with van der Waals surface area (Å²) < 4.78 is 0. The minimum atomic E-state index is 0.169. The van der Waals surface area contributed by atoms with Gasteiger partial charge >= 0.3 is 0 Å². The number of aromatic amines is 1. The SMILES string of the molecule is Cc1cccc(CN2CCCC3(CCN(C(=O)c4ccc5[nH]ccc5c4)C3)C2)n1. The number of fused-ring (bicyclic) bond motifs is 1. The van der Waals surface area contributed by atoms with Gasteiger partial charge in [-0.1, -0.05) is 6.07 Å². The van der Waals surface area contributed by atoms with Crippen LogP contribution in [0.5, 0.6) is 0 Å². The number of aromatic nitrogens is 2. The summed E-state index contributed by atoms with van der Waals surface area (Å²) >= 11 is 0. The number of piperidine rings is 1. The first kappa shape index (κ1) is 18.4. The number of pyridine rings is 1. The molecule has 2 aromatic heterocycles. The van der Waals surface area contributed by atoms with Crippen molar-refractivity contribution < 1.29 is 4.79 Å². The average molecular weight is 389 g/mol. The van der Waals surface area contributed by atoms with Crippen LogP contribution in [0.25, 0.3) is 10.9 Å². The van der Waals surface area contributed by atoms with Crippen molar-refractivity contribution in [1.82, 2.24) is 19.8 Å². The Balaban J connectivity index is 1.27. The molecule has 4 heterocycles. The van der Waals surface area contributed by atoms with Gasteiger partial charge in [0.2, 0.25) is 0 Å². The van der Waals surface area contributed by atoms with E-state index in [0.29, 0.717) is 0 Å². The highest BCUT2D eigenvalue weighted by Gasteiger charge is 2.42. The van der Waals surface area contributed by atoms with Crippen LogP contribution in [0.3, 0.4) is 0 Å². The smallest absolute Gasteiger partial charge is 0.253 e. The number of likely N-dealkylation sites (tertiary alicyclic amines) is 2. The van der Waals surface area contributed by atoms with E-state index >= 15 is 0 Å². The lowest BCUT2D eigenvalue weighted by molar-refractivity contribution is 0.0672. The molecule has 1 atom stereocenters. The Morgan fingerprint density at radius 2 is 2.07 bits per heavy atom. The highest BCUT2D eigenvalue weighted by atomic mass is 16.2. The maximum absolute atomic E-state index is 13.1. The van der Waals surface area contributed by atoms with Gasteiger partial charge in [0.15, 0.2) is 0 Å². The number of hydrogen-bond acceptors (Lipinski definition) is 3. The Kier molecular flexibility index (Phi) is 4.63. The van der Waals surface area contributed by atoms with Gasteiger partial charge in [0, 0.05) is 60.0 Å². The number of carbonyl (C=O) groups is 1. The first-order valence-electron chi connectivity index (χ1n) is 10.6. The molecule has 3 aromatic rings. The molecule has 5 rings (SSSR count). The van der Waals surface area contributed by atoms with Gasteiger partial charge in [-0.3, -0.25) is 14.7 Å². The molecule has 2 fully saturated rings. The lowest BCUT2D eigenvalue weighted by Crippen LogP contribution is -2.45. The van der Waals surface area contributed by atoms with E-state index in [0.717, 1.165) is 67.0 Å². The average Bonchev–Trinajstić information content (AvgIpc) is 3.34. The molecule has 0 radical (unpaired) electrons. The van der Waals surface area contributed by atoms with E-state index in [-0.39, 0.29) is 11.3 Å². The van der Waals surface area contributed by atoms with E-state index < -0.39 is 0 Å². The zero-order chi connectivity index (χ0) is 19.8. The third-order valence-electron chi connectivity index (χ3n) is 6.60. The van der Waals surface area contributed by atoms with E-state index in [4.69, 9.17) is 0 Å². The molecule has 1 aromatic carbocycles. The van der Waals surface area contributed by atoms with Crippen LogP contribution in [0, 0.1) is 12.3 Å². The molecule has 29 heavy (non-hydrogen) atoms. The number of rotatable bonds is 3. The Morgan fingerprint density at radius 3 is 2.97 bits per heavy atom. The van der Waals surface area contributed by atoms with Crippen molar-refractivity contribution >= 4 is 16.8 Å². The van der Waals surface area contributed by atoms with Crippen molar-refractivity contribution in [3.05, 3.63) is 65.6 Å². The van der Waals surface area contributed by atoms with Gasteiger partial charge in [-0.25, -0.2) is 0 Å². The van der Waals surface area contributed by atoms with E-state index in [1.54, 1.807) is 0 Å².